The van der Waals surface area contributed by atoms with Gasteiger partial charge < -0.3 is 4.90 Å². The van der Waals surface area contributed by atoms with Gasteiger partial charge in [0.2, 0.25) is 0 Å². The first-order chi connectivity index (χ1) is 6.59. The normalized spacial score (nSPS) is 15.6. The van der Waals surface area contributed by atoms with E-state index < -0.39 is 0 Å². The Balaban J connectivity index is 2.55. The molecule has 0 atom stereocenters. The predicted molar refractivity (Wildman–Crippen MR) is 61.8 cm³/mol. The lowest BCUT2D eigenvalue weighted by Crippen LogP contribution is -2.22. The van der Waals surface area contributed by atoms with Gasteiger partial charge >= 0.3 is 0 Å². The minimum Gasteiger partial charge on any atom is -0.349 e. The van der Waals surface area contributed by atoms with Crippen LogP contribution in [0, 0.1) is 13.8 Å². The molecule has 0 aliphatic carbocycles. The largest absolute Gasteiger partial charge is 0.349 e. The molecule has 0 N–H and O–H groups in total. The van der Waals surface area contributed by atoms with Gasteiger partial charge in [0.05, 0.1) is 0 Å². The Labute approximate surface area is 86.1 Å². The Hall–Kier alpha value is -1.24. The maximum absolute atomic E-state index is 4.07. The summed E-state index contributed by atoms with van der Waals surface area (Å²) in [4.78, 5) is 2.21. The third kappa shape index (κ3) is 1.33. The molecule has 1 heteroatoms. The van der Waals surface area contributed by atoms with Crippen LogP contribution in [0.1, 0.15) is 23.1 Å². The first kappa shape index (κ1) is 9.32. The van der Waals surface area contributed by atoms with E-state index in [0.29, 0.717) is 0 Å². The maximum Gasteiger partial charge on any atom is 0.0440 e. The van der Waals surface area contributed by atoms with Crippen molar-refractivity contribution in [3.63, 3.8) is 0 Å². The highest BCUT2D eigenvalue weighted by atomic mass is 15.1. The van der Waals surface area contributed by atoms with E-state index in [9.17, 15) is 0 Å². The van der Waals surface area contributed by atoms with Gasteiger partial charge in [-0.2, -0.15) is 0 Å². The molecule has 0 saturated heterocycles. The molecule has 0 radical (unpaired) electrons. The average Bonchev–Trinajstić information content (AvgIpc) is 2.15. The van der Waals surface area contributed by atoms with Crippen LogP contribution >= 0.6 is 0 Å². The zero-order chi connectivity index (χ0) is 10.3. The van der Waals surface area contributed by atoms with Gasteiger partial charge in [0.25, 0.3) is 0 Å². The van der Waals surface area contributed by atoms with Crippen LogP contribution in [-0.4, -0.2) is 7.05 Å². The molecule has 1 aliphatic heterocycles. The molecular weight excluding hydrogens is 170 g/mol. The van der Waals surface area contributed by atoms with Crippen molar-refractivity contribution in [1.82, 2.24) is 0 Å². The van der Waals surface area contributed by atoms with Crippen LogP contribution in [0.25, 0.3) is 0 Å². The quantitative estimate of drug-likeness (QED) is 0.603. The van der Waals surface area contributed by atoms with E-state index in [2.05, 4.69) is 44.5 Å². The van der Waals surface area contributed by atoms with E-state index in [1.165, 1.54) is 28.1 Å². The second kappa shape index (κ2) is 3.16. The zero-order valence-corrected chi connectivity index (χ0v) is 9.22. The lowest BCUT2D eigenvalue weighted by molar-refractivity contribution is 0.841. The molecule has 74 valence electrons. The molecular formula is C13H17N. The summed E-state index contributed by atoms with van der Waals surface area (Å²) in [6.07, 6.45) is 2.23. The molecule has 1 aromatic rings. The molecule has 1 heterocycles. The van der Waals surface area contributed by atoms with E-state index in [0.717, 1.165) is 12.8 Å². The average molecular weight is 187 g/mol. The number of benzene rings is 1. The number of hydrogen-bond acceptors (Lipinski definition) is 1. The maximum atomic E-state index is 4.07. The molecule has 0 fully saturated rings. The molecule has 1 nitrogen and oxygen atoms in total. The van der Waals surface area contributed by atoms with Crippen molar-refractivity contribution in [3.05, 3.63) is 41.1 Å². The minimum absolute atomic E-state index is 1.09. The molecule has 14 heavy (non-hydrogen) atoms. The van der Waals surface area contributed by atoms with E-state index >= 15 is 0 Å². The fourth-order valence-electron chi connectivity index (χ4n) is 1.99. The molecule has 0 bridgehead atoms. The summed E-state index contributed by atoms with van der Waals surface area (Å²) in [6, 6.07) is 4.59. The van der Waals surface area contributed by atoms with Crippen LogP contribution in [-0.2, 0) is 6.42 Å². The number of nitrogens with zero attached hydrogens (tertiary/aromatic N) is 1. The van der Waals surface area contributed by atoms with Crippen molar-refractivity contribution in [2.45, 2.75) is 26.7 Å². The second-order valence-corrected chi connectivity index (χ2v) is 4.19. The number of hydrogen-bond donors (Lipinski definition) is 0. The molecule has 0 spiro atoms. The molecule has 0 unspecified atom stereocenters. The van der Waals surface area contributed by atoms with E-state index in [4.69, 9.17) is 0 Å². The Morgan fingerprint density at radius 1 is 1.14 bits per heavy atom. The molecule has 1 aliphatic rings. The van der Waals surface area contributed by atoms with Gasteiger partial charge in [0, 0.05) is 18.4 Å². The molecule has 2 rings (SSSR count). The van der Waals surface area contributed by atoms with Crippen LogP contribution in [0.5, 0.6) is 0 Å². The van der Waals surface area contributed by atoms with Gasteiger partial charge in [0.1, 0.15) is 0 Å². The summed E-state index contributed by atoms with van der Waals surface area (Å²) < 4.78 is 0. The van der Waals surface area contributed by atoms with Crippen molar-refractivity contribution < 1.29 is 0 Å². The number of allylic oxidation sites excluding steroid dienone is 1. The first-order valence-electron chi connectivity index (χ1n) is 5.11. The third-order valence-corrected chi connectivity index (χ3v) is 3.21. The topological polar surface area (TPSA) is 3.24 Å². The second-order valence-electron chi connectivity index (χ2n) is 4.19. The number of rotatable bonds is 0. The molecule has 1 aromatic carbocycles. The number of fused-ring (bicyclic) bond motifs is 1. The summed E-state index contributed by atoms with van der Waals surface area (Å²) >= 11 is 0. The van der Waals surface area contributed by atoms with Gasteiger partial charge in [-0.15, -0.1) is 0 Å². The summed E-state index contributed by atoms with van der Waals surface area (Å²) in [5.74, 6) is 0. The third-order valence-electron chi connectivity index (χ3n) is 3.21. The number of aryl methyl sites for hydroxylation is 3. The summed E-state index contributed by atoms with van der Waals surface area (Å²) in [7, 11) is 2.11. The van der Waals surface area contributed by atoms with Gasteiger partial charge in [-0.3, -0.25) is 0 Å². The van der Waals surface area contributed by atoms with Crippen molar-refractivity contribution >= 4 is 5.69 Å². The zero-order valence-electron chi connectivity index (χ0n) is 9.22. The molecule has 0 aromatic heterocycles. The van der Waals surface area contributed by atoms with Crippen molar-refractivity contribution in [2.75, 3.05) is 11.9 Å². The van der Waals surface area contributed by atoms with Crippen LogP contribution in [0.4, 0.5) is 5.69 Å². The Bertz CT molecular complexity index is 390. The Kier molecular flexibility index (Phi) is 2.10. The lowest BCUT2D eigenvalue weighted by Gasteiger charge is -2.30. The smallest absolute Gasteiger partial charge is 0.0440 e. The monoisotopic (exact) mass is 187 g/mol. The predicted octanol–water partition coefficient (Wildman–Crippen LogP) is 3.20. The summed E-state index contributed by atoms with van der Waals surface area (Å²) in [6.45, 7) is 8.42. The highest BCUT2D eigenvalue weighted by Gasteiger charge is 2.17. The van der Waals surface area contributed by atoms with Crippen molar-refractivity contribution in [3.8, 4) is 0 Å². The van der Waals surface area contributed by atoms with Crippen LogP contribution in [0.3, 0.4) is 0 Å². The van der Waals surface area contributed by atoms with E-state index in [1.807, 2.05) is 0 Å². The van der Waals surface area contributed by atoms with Crippen molar-refractivity contribution in [2.24, 2.45) is 0 Å². The number of anilines is 1. The highest BCUT2D eigenvalue weighted by molar-refractivity contribution is 5.62. The van der Waals surface area contributed by atoms with E-state index in [-0.39, 0.29) is 0 Å². The fourth-order valence-corrected chi connectivity index (χ4v) is 1.99. The SMILES string of the molecule is C=C1CCc2cc(C)c(C)cc2N1C. The van der Waals surface area contributed by atoms with E-state index in [1.54, 1.807) is 0 Å². The van der Waals surface area contributed by atoms with Gasteiger partial charge in [-0.25, -0.2) is 0 Å². The Morgan fingerprint density at radius 3 is 2.50 bits per heavy atom. The van der Waals surface area contributed by atoms with Gasteiger partial charge in [0.15, 0.2) is 0 Å². The standard InChI is InChI=1S/C13H17N/c1-9-7-12-6-5-11(3)14(4)13(12)8-10(9)2/h7-8H,3,5-6H2,1-2,4H3. The minimum atomic E-state index is 1.09. The lowest BCUT2D eigenvalue weighted by atomic mass is 9.96. The Morgan fingerprint density at radius 2 is 1.79 bits per heavy atom. The van der Waals surface area contributed by atoms with Crippen molar-refractivity contribution in [1.29, 1.82) is 0 Å². The first-order valence-corrected chi connectivity index (χ1v) is 5.11. The molecule has 0 saturated carbocycles. The summed E-state index contributed by atoms with van der Waals surface area (Å²) in [5.41, 5.74) is 6.78. The van der Waals surface area contributed by atoms with Crippen LogP contribution < -0.4 is 4.90 Å². The molecule has 0 amide bonds. The van der Waals surface area contributed by atoms with Gasteiger partial charge in [-0.05, 0) is 49.4 Å². The highest BCUT2D eigenvalue weighted by Crippen LogP contribution is 2.32. The fraction of sp³-hybridized carbons (Fsp3) is 0.385. The van der Waals surface area contributed by atoms with Crippen LogP contribution in [0.2, 0.25) is 0 Å². The van der Waals surface area contributed by atoms with Gasteiger partial charge in [-0.1, -0.05) is 12.6 Å². The summed E-state index contributed by atoms with van der Waals surface area (Å²) in [5, 5.41) is 0. The van der Waals surface area contributed by atoms with Crippen LogP contribution in [0.15, 0.2) is 24.4 Å².